The van der Waals surface area contributed by atoms with Crippen LogP contribution in [0.4, 0.5) is 0 Å². The molecule has 3 aliphatic rings. The molecule has 1 aromatic heterocycles. The van der Waals surface area contributed by atoms with Gasteiger partial charge in [-0.05, 0) is 29.3 Å². The largest absolute Gasteiger partial charge is 0.454 e. The number of hydrogen-bond acceptors (Lipinski definition) is 4. The number of hydrogen-bond donors (Lipinski definition) is 1. The molecule has 4 heterocycles. The smallest absolute Gasteiger partial charge is 0.245 e. The molecule has 0 radical (unpaired) electrons. The molecule has 2 atom stereocenters. The lowest BCUT2D eigenvalue weighted by Crippen LogP contribution is -2.62. The predicted octanol–water partition coefficient (Wildman–Crippen LogP) is 2.21. The summed E-state index contributed by atoms with van der Waals surface area (Å²) in [5.74, 6) is -3.19. The van der Waals surface area contributed by atoms with E-state index < -0.39 is 74.7 Å². The lowest BCUT2D eigenvalue weighted by atomic mass is 9.86. The molecule has 1 unspecified atom stereocenters. The van der Waals surface area contributed by atoms with Gasteiger partial charge in [-0.3, -0.25) is 9.59 Å². The molecule has 2 aromatic carbocycles. The summed E-state index contributed by atoms with van der Waals surface area (Å²) >= 11 is 0. The Bertz CT molecular complexity index is 1700. The lowest BCUT2D eigenvalue weighted by molar-refractivity contribution is -0.157. The van der Waals surface area contributed by atoms with Crippen molar-refractivity contribution >= 4 is 22.7 Å². The van der Waals surface area contributed by atoms with Gasteiger partial charge < -0.3 is 24.3 Å². The van der Waals surface area contributed by atoms with Crippen molar-refractivity contribution < 1.29 is 35.5 Å². The summed E-state index contributed by atoms with van der Waals surface area (Å²) in [4.78, 5) is 30.8. The van der Waals surface area contributed by atoms with E-state index in [1.54, 1.807) is 0 Å². The van der Waals surface area contributed by atoms with Gasteiger partial charge in [0, 0.05) is 34.1 Å². The van der Waals surface area contributed by atoms with E-state index in [0.717, 1.165) is 0 Å². The zero-order valence-electron chi connectivity index (χ0n) is 26.5. The van der Waals surface area contributed by atoms with Gasteiger partial charge in [-0.25, -0.2) is 0 Å². The predicted molar refractivity (Wildman–Crippen MR) is 105 cm³/mol. The first-order chi connectivity index (χ1) is 18.8. The number of H-pyrrole nitrogens is 1. The third-order valence-corrected chi connectivity index (χ3v) is 5.20. The minimum absolute atomic E-state index is 0.00638. The van der Waals surface area contributed by atoms with Gasteiger partial charge in [0.05, 0.1) is 22.1 Å². The van der Waals surface area contributed by atoms with E-state index >= 15 is 0 Å². The van der Waals surface area contributed by atoms with Crippen LogP contribution in [0.15, 0.2) is 42.4 Å². The molecule has 0 spiro atoms. The molecular formula is C22H19N3O4. The first-order valence-corrected chi connectivity index (χ1v) is 8.62. The molecule has 0 bridgehead atoms. The fraction of sp³-hybridized carbons (Fsp3) is 0.273. The number of carbonyl (C=O) groups excluding carboxylic acids is 2. The highest BCUT2D eigenvalue weighted by Crippen LogP contribution is 2.44. The molecular weight excluding hydrogens is 370 g/mol. The Kier molecular flexibility index (Phi) is 1.69. The number of carbonyl (C=O) groups is 2. The Hall–Kier alpha value is -3.48. The van der Waals surface area contributed by atoms with Crippen LogP contribution >= 0.6 is 0 Å². The van der Waals surface area contributed by atoms with E-state index in [1.165, 1.54) is 18.2 Å². The van der Waals surface area contributed by atoms with Gasteiger partial charge in [0.1, 0.15) is 8.76 Å². The number of likely N-dealkylation sites (N-methyl/N-ethyl adjacent to an activating group) is 1. The van der Waals surface area contributed by atoms with E-state index in [9.17, 15) is 11.0 Å². The van der Waals surface area contributed by atoms with Crippen LogP contribution in [0.3, 0.4) is 0 Å². The summed E-state index contributed by atoms with van der Waals surface area (Å²) in [5, 5.41) is -0.0754. The third kappa shape index (κ3) is 2.24. The molecule has 1 fully saturated rings. The highest BCUT2D eigenvalue weighted by atomic mass is 16.7. The van der Waals surface area contributed by atoms with E-state index in [-0.39, 0.29) is 44.1 Å². The van der Waals surface area contributed by atoms with E-state index in [1.807, 2.05) is 0 Å². The second kappa shape index (κ2) is 5.76. The molecule has 7 heteroatoms. The van der Waals surface area contributed by atoms with Crippen LogP contribution in [0, 0.1) is 0 Å². The van der Waals surface area contributed by atoms with Crippen molar-refractivity contribution in [3.63, 3.8) is 0 Å². The van der Waals surface area contributed by atoms with Crippen LogP contribution in [-0.4, -0.2) is 52.8 Å². The molecule has 3 aromatic rings. The van der Waals surface area contributed by atoms with Crippen molar-refractivity contribution in [1.29, 1.82) is 0 Å². The number of piperazine rings is 1. The highest BCUT2D eigenvalue weighted by Gasteiger charge is 2.47. The van der Waals surface area contributed by atoms with Crippen molar-refractivity contribution in [3.05, 3.63) is 59.2 Å². The van der Waals surface area contributed by atoms with E-state index in [0.29, 0.717) is 4.90 Å². The number of amides is 2. The van der Waals surface area contributed by atoms with Crippen molar-refractivity contribution in [2.45, 2.75) is 18.5 Å². The van der Waals surface area contributed by atoms with Gasteiger partial charge in [0.2, 0.25) is 18.6 Å². The first kappa shape index (κ1) is 8.49. The lowest BCUT2D eigenvalue weighted by Gasteiger charge is -2.46. The van der Waals surface area contributed by atoms with Gasteiger partial charge in [0.25, 0.3) is 0 Å². The molecule has 3 aliphatic heterocycles. The number of aromatic amines is 1. The average Bonchev–Trinajstić information content (AvgIpc) is 3.38. The van der Waals surface area contributed by atoms with Crippen molar-refractivity contribution in [2.75, 3.05) is 20.2 Å². The fourth-order valence-electron chi connectivity index (χ4n) is 3.96. The summed E-state index contributed by atoms with van der Waals surface area (Å²) in [6, 6.07) is -2.52. The number of ether oxygens (including phenoxy) is 2. The van der Waals surface area contributed by atoms with Crippen molar-refractivity contribution in [1.82, 2.24) is 14.8 Å². The maximum absolute atomic E-state index is 13.8. The van der Waals surface area contributed by atoms with Gasteiger partial charge in [-0.1, -0.05) is 24.2 Å². The monoisotopic (exact) mass is 401 g/mol. The topological polar surface area (TPSA) is 74.9 Å². The second-order valence-electron chi connectivity index (χ2n) is 6.71. The van der Waals surface area contributed by atoms with E-state index in [2.05, 4.69) is 4.98 Å². The van der Waals surface area contributed by atoms with Crippen LogP contribution in [0.5, 0.6) is 11.5 Å². The van der Waals surface area contributed by atoms with Crippen LogP contribution in [-0.2, 0) is 16.0 Å². The number of para-hydroxylation sites is 1. The van der Waals surface area contributed by atoms with Crippen molar-refractivity contribution in [3.8, 4) is 11.5 Å². The molecule has 0 aliphatic carbocycles. The van der Waals surface area contributed by atoms with Crippen LogP contribution in [0.25, 0.3) is 10.9 Å². The number of aromatic nitrogens is 1. The van der Waals surface area contributed by atoms with Crippen molar-refractivity contribution in [2.24, 2.45) is 0 Å². The Morgan fingerprint density at radius 1 is 1.28 bits per heavy atom. The Labute approximate surface area is 183 Å². The summed E-state index contributed by atoms with van der Waals surface area (Å²) in [6.07, 6.45) is -0.721. The minimum atomic E-state index is -3.44. The van der Waals surface area contributed by atoms with Crippen LogP contribution in [0.1, 0.15) is 39.3 Å². The Balaban J connectivity index is 1.68. The summed E-state index contributed by atoms with van der Waals surface area (Å²) < 4.78 is 108. The molecule has 29 heavy (non-hydrogen) atoms. The molecule has 6 rings (SSSR count). The molecule has 146 valence electrons. The maximum Gasteiger partial charge on any atom is 0.245 e. The molecule has 1 N–H and O–H groups in total. The fourth-order valence-corrected chi connectivity index (χ4v) is 3.96. The Morgan fingerprint density at radius 2 is 2.14 bits per heavy atom. The molecule has 7 nitrogen and oxygen atoms in total. The zero-order chi connectivity index (χ0) is 30.2. The van der Waals surface area contributed by atoms with Gasteiger partial charge in [0.15, 0.2) is 11.5 Å². The average molecular weight is 401 g/mol. The molecule has 2 amide bonds. The number of rotatable bonds is 1. The quantitative estimate of drug-likeness (QED) is 0.678. The standard InChI is InChI=1S/C22H19N3O4/c1-24-10-19(26)25-16(22(24)27)9-14-13-4-2-3-5-15(13)23-20(14)21(25)12-6-7-17-18(8-12)29-11-28-17/h2-8,16,21,23H,9-11H2,1H3/t16-,21?/m1/s1/i1D3,2D,3D,4D,5D,10D2,11D2,16D. The van der Waals surface area contributed by atoms with Gasteiger partial charge >= 0.3 is 0 Å². The SMILES string of the molecule is [2H]c1c([2H])c([2H])c2c3c([nH]c2c1[2H])C(c1ccc2c(c1)OC([2H])([2H])O2)N1C(=O)C([2H])([2H])N(C([2H])([2H])[2H])C(=O)[C@@]1([2H])C3. The summed E-state index contributed by atoms with van der Waals surface area (Å²) in [6.45, 7) is -9.38. The molecule has 0 saturated carbocycles. The normalized spacial score (nSPS) is 35.2. The van der Waals surface area contributed by atoms with Gasteiger partial charge in [-0.2, -0.15) is 0 Å². The third-order valence-electron chi connectivity index (χ3n) is 5.20. The minimum Gasteiger partial charge on any atom is -0.454 e. The van der Waals surface area contributed by atoms with Gasteiger partial charge in [-0.15, -0.1) is 0 Å². The number of fused-ring (bicyclic) bond motifs is 5. The number of benzene rings is 2. The zero-order valence-corrected chi connectivity index (χ0v) is 14.5. The van der Waals surface area contributed by atoms with Crippen LogP contribution in [0.2, 0.25) is 0 Å². The highest BCUT2D eigenvalue weighted by molar-refractivity contribution is 5.97. The molecule has 1 saturated heterocycles. The second-order valence-corrected chi connectivity index (χ2v) is 6.71. The summed E-state index contributed by atoms with van der Waals surface area (Å²) in [5.41, 5.74) is 0.0483. The number of nitrogens with zero attached hydrogens (tertiary/aromatic N) is 2. The van der Waals surface area contributed by atoms with E-state index in [4.69, 9.17) is 24.6 Å². The Morgan fingerprint density at radius 3 is 3.03 bits per heavy atom. The summed E-state index contributed by atoms with van der Waals surface area (Å²) in [7, 11) is 0. The first-order valence-electron chi connectivity index (χ1n) is 14.6. The van der Waals surface area contributed by atoms with Crippen LogP contribution < -0.4 is 9.47 Å². The number of nitrogens with one attached hydrogen (secondary N) is 1. The maximum atomic E-state index is 13.8.